The monoisotopic (exact) mass is 325 g/mol. The second-order valence-electron chi connectivity index (χ2n) is 5.88. The molecule has 0 aliphatic carbocycles. The third-order valence-corrected chi connectivity index (χ3v) is 4.02. The SMILES string of the molecule is NCc1ccc(C(=O)c2ccc(CCCCCC(=O)O)cc2)cc1. The van der Waals surface area contributed by atoms with Gasteiger partial charge in [0.2, 0.25) is 0 Å². The van der Waals surface area contributed by atoms with E-state index in [0.29, 0.717) is 24.1 Å². The van der Waals surface area contributed by atoms with Crippen molar-refractivity contribution >= 4 is 11.8 Å². The van der Waals surface area contributed by atoms with Crippen LogP contribution < -0.4 is 5.73 Å². The second-order valence-corrected chi connectivity index (χ2v) is 5.88. The zero-order chi connectivity index (χ0) is 17.4. The van der Waals surface area contributed by atoms with Crippen molar-refractivity contribution in [1.29, 1.82) is 0 Å². The summed E-state index contributed by atoms with van der Waals surface area (Å²) in [7, 11) is 0. The average molecular weight is 325 g/mol. The molecule has 24 heavy (non-hydrogen) atoms. The summed E-state index contributed by atoms with van der Waals surface area (Å²) in [5, 5.41) is 8.60. The van der Waals surface area contributed by atoms with E-state index in [2.05, 4.69) is 0 Å². The van der Waals surface area contributed by atoms with Crippen LogP contribution in [0, 0.1) is 0 Å². The van der Waals surface area contributed by atoms with Gasteiger partial charge < -0.3 is 10.8 Å². The number of aliphatic carboxylic acids is 1. The molecule has 0 spiro atoms. The Morgan fingerprint density at radius 1 is 0.792 bits per heavy atom. The molecule has 0 unspecified atom stereocenters. The van der Waals surface area contributed by atoms with Gasteiger partial charge in [-0.05, 0) is 30.4 Å². The number of hydrogen-bond donors (Lipinski definition) is 2. The molecule has 126 valence electrons. The molecule has 0 radical (unpaired) electrons. The van der Waals surface area contributed by atoms with Gasteiger partial charge in [0.1, 0.15) is 0 Å². The van der Waals surface area contributed by atoms with E-state index >= 15 is 0 Å². The molecular weight excluding hydrogens is 302 g/mol. The van der Waals surface area contributed by atoms with Crippen molar-refractivity contribution in [1.82, 2.24) is 0 Å². The first-order chi connectivity index (χ1) is 11.6. The number of carbonyl (C=O) groups is 2. The number of aryl methyl sites for hydroxylation is 1. The van der Waals surface area contributed by atoms with Crippen LogP contribution in [0.3, 0.4) is 0 Å². The van der Waals surface area contributed by atoms with Crippen molar-refractivity contribution in [3.05, 3.63) is 70.8 Å². The quantitative estimate of drug-likeness (QED) is 0.545. The van der Waals surface area contributed by atoms with Gasteiger partial charge in [0.15, 0.2) is 5.78 Å². The lowest BCUT2D eigenvalue weighted by atomic mass is 9.99. The predicted octanol–water partition coefficient (Wildman–Crippen LogP) is 3.56. The van der Waals surface area contributed by atoms with E-state index in [1.165, 1.54) is 5.56 Å². The molecule has 0 aliphatic heterocycles. The number of nitrogens with two attached hydrogens (primary N) is 1. The van der Waals surface area contributed by atoms with Crippen LogP contribution in [0.25, 0.3) is 0 Å². The van der Waals surface area contributed by atoms with Gasteiger partial charge in [-0.1, -0.05) is 55.0 Å². The minimum absolute atomic E-state index is 0.00609. The van der Waals surface area contributed by atoms with Crippen molar-refractivity contribution in [2.75, 3.05) is 0 Å². The Bertz CT molecular complexity index is 675. The Balaban J connectivity index is 1.88. The lowest BCUT2D eigenvalue weighted by Crippen LogP contribution is -2.03. The first-order valence-electron chi connectivity index (χ1n) is 8.24. The average Bonchev–Trinajstić information content (AvgIpc) is 2.61. The highest BCUT2D eigenvalue weighted by atomic mass is 16.4. The Kier molecular flexibility index (Phi) is 6.70. The Morgan fingerprint density at radius 3 is 1.83 bits per heavy atom. The summed E-state index contributed by atoms with van der Waals surface area (Å²) in [5.41, 5.74) is 9.07. The maximum absolute atomic E-state index is 12.4. The van der Waals surface area contributed by atoms with E-state index in [-0.39, 0.29) is 12.2 Å². The predicted molar refractivity (Wildman–Crippen MR) is 94.0 cm³/mol. The molecule has 0 atom stereocenters. The summed E-state index contributed by atoms with van der Waals surface area (Å²) in [6.07, 6.45) is 3.71. The first-order valence-corrected chi connectivity index (χ1v) is 8.24. The van der Waals surface area contributed by atoms with Crippen LogP contribution >= 0.6 is 0 Å². The van der Waals surface area contributed by atoms with Crippen LogP contribution in [0.1, 0.15) is 52.7 Å². The van der Waals surface area contributed by atoms with Gasteiger partial charge in [-0.3, -0.25) is 9.59 Å². The van der Waals surface area contributed by atoms with E-state index in [0.717, 1.165) is 24.8 Å². The number of unbranched alkanes of at least 4 members (excludes halogenated alkanes) is 2. The van der Waals surface area contributed by atoms with Crippen LogP contribution in [0.4, 0.5) is 0 Å². The van der Waals surface area contributed by atoms with Crippen LogP contribution in [-0.2, 0) is 17.8 Å². The standard InChI is InChI=1S/C20H23NO3/c21-14-16-8-12-18(13-9-16)20(24)17-10-6-15(7-11-17)4-2-1-3-5-19(22)23/h6-13H,1-5,14,21H2,(H,22,23). The van der Waals surface area contributed by atoms with Gasteiger partial charge in [0, 0.05) is 24.1 Å². The van der Waals surface area contributed by atoms with E-state index < -0.39 is 5.97 Å². The lowest BCUT2D eigenvalue weighted by Gasteiger charge is -2.05. The number of benzene rings is 2. The van der Waals surface area contributed by atoms with Crippen molar-refractivity contribution in [3.63, 3.8) is 0 Å². The molecular formula is C20H23NO3. The highest BCUT2D eigenvalue weighted by Gasteiger charge is 2.08. The van der Waals surface area contributed by atoms with Gasteiger partial charge >= 0.3 is 5.97 Å². The van der Waals surface area contributed by atoms with Crippen molar-refractivity contribution in [3.8, 4) is 0 Å². The summed E-state index contributed by atoms with van der Waals surface area (Å²) in [4.78, 5) is 22.9. The van der Waals surface area contributed by atoms with Crippen molar-refractivity contribution < 1.29 is 14.7 Å². The smallest absolute Gasteiger partial charge is 0.303 e. The van der Waals surface area contributed by atoms with Crippen LogP contribution in [-0.4, -0.2) is 16.9 Å². The molecule has 0 amide bonds. The topological polar surface area (TPSA) is 80.4 Å². The molecule has 0 fully saturated rings. The summed E-state index contributed by atoms with van der Waals surface area (Å²) in [6, 6.07) is 15.0. The zero-order valence-corrected chi connectivity index (χ0v) is 13.7. The number of ketones is 1. The van der Waals surface area contributed by atoms with Gasteiger partial charge in [0.25, 0.3) is 0 Å². The zero-order valence-electron chi connectivity index (χ0n) is 13.7. The molecule has 0 aromatic heterocycles. The molecule has 2 rings (SSSR count). The molecule has 0 heterocycles. The molecule has 4 heteroatoms. The minimum Gasteiger partial charge on any atom is -0.481 e. The molecule has 0 bridgehead atoms. The summed E-state index contributed by atoms with van der Waals surface area (Å²) >= 11 is 0. The number of hydrogen-bond acceptors (Lipinski definition) is 3. The first kappa shape index (κ1) is 17.9. The molecule has 0 aliphatic rings. The Hall–Kier alpha value is -2.46. The summed E-state index contributed by atoms with van der Waals surface area (Å²) < 4.78 is 0. The molecule has 0 saturated carbocycles. The minimum atomic E-state index is -0.739. The van der Waals surface area contributed by atoms with Crippen molar-refractivity contribution in [2.45, 2.75) is 38.6 Å². The second kappa shape index (κ2) is 8.99. The number of carboxylic acid groups (broad SMARTS) is 1. The molecule has 2 aromatic rings. The normalized spacial score (nSPS) is 10.5. The van der Waals surface area contributed by atoms with Crippen molar-refractivity contribution in [2.24, 2.45) is 5.73 Å². The van der Waals surface area contributed by atoms with E-state index in [1.54, 1.807) is 12.1 Å². The van der Waals surface area contributed by atoms with Crippen LogP contribution in [0.2, 0.25) is 0 Å². The molecule has 3 N–H and O–H groups in total. The maximum atomic E-state index is 12.4. The van der Waals surface area contributed by atoms with Crippen LogP contribution in [0.15, 0.2) is 48.5 Å². The third-order valence-electron chi connectivity index (χ3n) is 4.02. The highest BCUT2D eigenvalue weighted by Crippen LogP contribution is 2.14. The molecule has 2 aromatic carbocycles. The van der Waals surface area contributed by atoms with E-state index in [9.17, 15) is 9.59 Å². The number of carboxylic acids is 1. The third kappa shape index (κ3) is 5.32. The van der Waals surface area contributed by atoms with Gasteiger partial charge in [-0.15, -0.1) is 0 Å². The Labute approximate surface area is 142 Å². The van der Waals surface area contributed by atoms with Gasteiger partial charge in [-0.2, -0.15) is 0 Å². The van der Waals surface area contributed by atoms with Crippen LogP contribution in [0.5, 0.6) is 0 Å². The fourth-order valence-electron chi connectivity index (χ4n) is 2.56. The number of rotatable bonds is 9. The maximum Gasteiger partial charge on any atom is 0.303 e. The molecule has 4 nitrogen and oxygen atoms in total. The lowest BCUT2D eigenvalue weighted by molar-refractivity contribution is -0.137. The van der Waals surface area contributed by atoms with Gasteiger partial charge in [-0.25, -0.2) is 0 Å². The molecule has 0 saturated heterocycles. The summed E-state index contributed by atoms with van der Waals surface area (Å²) in [6.45, 7) is 0.468. The number of carbonyl (C=O) groups excluding carboxylic acids is 1. The van der Waals surface area contributed by atoms with E-state index in [4.69, 9.17) is 10.8 Å². The Morgan fingerprint density at radius 2 is 1.33 bits per heavy atom. The van der Waals surface area contributed by atoms with Gasteiger partial charge in [0.05, 0.1) is 0 Å². The highest BCUT2D eigenvalue weighted by molar-refractivity contribution is 6.08. The fourth-order valence-corrected chi connectivity index (χ4v) is 2.56. The summed E-state index contributed by atoms with van der Waals surface area (Å²) in [5.74, 6) is -0.732. The largest absolute Gasteiger partial charge is 0.481 e. The van der Waals surface area contributed by atoms with E-state index in [1.807, 2.05) is 36.4 Å². The fraction of sp³-hybridized carbons (Fsp3) is 0.300.